The van der Waals surface area contributed by atoms with Crippen LogP contribution in [0.25, 0.3) is 0 Å². The van der Waals surface area contributed by atoms with Gasteiger partial charge in [-0.2, -0.15) is 0 Å². The monoisotopic (exact) mass is 219 g/mol. The first-order chi connectivity index (χ1) is 7.39. The van der Waals surface area contributed by atoms with E-state index in [9.17, 15) is 9.90 Å². The molecule has 3 nitrogen and oxygen atoms in total. The molecule has 0 atom stereocenters. The first-order valence-corrected chi connectivity index (χ1v) is 5.66. The average molecular weight is 219 g/mol. The molecule has 16 heavy (non-hydrogen) atoms. The summed E-state index contributed by atoms with van der Waals surface area (Å²) in [5, 5.41) is 9.22. The van der Waals surface area contributed by atoms with Crippen LogP contribution in [0.2, 0.25) is 0 Å². The second kappa shape index (κ2) is 3.58. The predicted octanol–water partition coefficient (Wildman–Crippen LogP) is 2.57. The van der Waals surface area contributed by atoms with E-state index in [4.69, 9.17) is 0 Å². The highest BCUT2D eigenvalue weighted by Gasteiger charge is 2.26. The van der Waals surface area contributed by atoms with Crippen LogP contribution in [0.3, 0.4) is 0 Å². The molecule has 1 aromatic rings. The lowest BCUT2D eigenvalue weighted by molar-refractivity contribution is 0.0693. The number of carboxylic acids is 1. The first-order valence-electron chi connectivity index (χ1n) is 5.66. The maximum Gasteiger partial charge on any atom is 0.337 e. The van der Waals surface area contributed by atoms with Crippen molar-refractivity contribution in [3.8, 4) is 0 Å². The molecule has 0 saturated heterocycles. The van der Waals surface area contributed by atoms with E-state index in [-0.39, 0.29) is 5.41 Å². The minimum absolute atomic E-state index is 0.217. The summed E-state index contributed by atoms with van der Waals surface area (Å²) < 4.78 is 0. The molecule has 1 aromatic heterocycles. The molecule has 1 N–H and O–H groups in total. The molecule has 1 heterocycles. The Hall–Kier alpha value is -1.38. The van der Waals surface area contributed by atoms with Crippen LogP contribution in [0.1, 0.15) is 54.5 Å². The third-order valence-corrected chi connectivity index (χ3v) is 2.99. The maximum absolute atomic E-state index is 11.2. The van der Waals surface area contributed by atoms with E-state index in [0.29, 0.717) is 11.3 Å². The Labute approximate surface area is 95.5 Å². The number of aryl methyl sites for hydroxylation is 2. The largest absolute Gasteiger partial charge is 0.478 e. The molecule has 0 unspecified atom stereocenters. The van der Waals surface area contributed by atoms with Crippen molar-refractivity contribution in [2.45, 2.75) is 45.4 Å². The molecule has 86 valence electrons. The van der Waals surface area contributed by atoms with Crippen molar-refractivity contribution in [2.75, 3.05) is 0 Å². The summed E-state index contributed by atoms with van der Waals surface area (Å²) >= 11 is 0. The van der Waals surface area contributed by atoms with Crippen molar-refractivity contribution in [1.29, 1.82) is 0 Å². The highest BCUT2D eigenvalue weighted by Crippen LogP contribution is 2.29. The summed E-state index contributed by atoms with van der Waals surface area (Å²) in [6, 6.07) is 1.82. The van der Waals surface area contributed by atoms with Gasteiger partial charge < -0.3 is 5.11 Å². The lowest BCUT2D eigenvalue weighted by Crippen LogP contribution is -2.20. The zero-order valence-electron chi connectivity index (χ0n) is 10.0. The number of hydrogen-bond donors (Lipinski definition) is 1. The zero-order valence-corrected chi connectivity index (χ0v) is 10.0. The predicted molar refractivity (Wildman–Crippen MR) is 61.9 cm³/mol. The van der Waals surface area contributed by atoms with Crippen molar-refractivity contribution >= 4 is 5.97 Å². The third-order valence-electron chi connectivity index (χ3n) is 2.99. The number of carbonyl (C=O) groups is 1. The van der Waals surface area contributed by atoms with E-state index in [1.165, 1.54) is 0 Å². The van der Waals surface area contributed by atoms with Gasteiger partial charge in [0.2, 0.25) is 0 Å². The number of pyridine rings is 1. The molecule has 0 bridgehead atoms. The van der Waals surface area contributed by atoms with Gasteiger partial charge >= 0.3 is 5.97 Å². The number of nitrogens with zero attached hydrogens (tertiary/aromatic N) is 1. The van der Waals surface area contributed by atoms with Gasteiger partial charge in [0.05, 0.1) is 11.3 Å². The molecular weight excluding hydrogens is 202 g/mol. The number of aromatic nitrogens is 1. The molecule has 0 spiro atoms. The summed E-state index contributed by atoms with van der Waals surface area (Å²) in [4.78, 5) is 15.8. The number of carboxylic acid groups (broad SMARTS) is 1. The van der Waals surface area contributed by atoms with E-state index in [0.717, 1.165) is 30.5 Å². The second-order valence-corrected chi connectivity index (χ2v) is 5.40. The maximum atomic E-state index is 11.2. The van der Waals surface area contributed by atoms with Crippen LogP contribution in [0.15, 0.2) is 6.07 Å². The molecule has 0 saturated carbocycles. The summed E-state index contributed by atoms with van der Waals surface area (Å²) in [6.07, 6.45) is 3.04. The second-order valence-electron chi connectivity index (χ2n) is 5.40. The molecule has 1 aliphatic rings. The minimum Gasteiger partial charge on any atom is -0.478 e. The fourth-order valence-corrected chi connectivity index (χ4v) is 2.21. The number of rotatable bonds is 1. The van der Waals surface area contributed by atoms with E-state index < -0.39 is 5.97 Å². The van der Waals surface area contributed by atoms with Gasteiger partial charge in [0.25, 0.3) is 0 Å². The summed E-state index contributed by atoms with van der Waals surface area (Å²) in [5.41, 5.74) is 3.07. The van der Waals surface area contributed by atoms with Crippen LogP contribution in [0.5, 0.6) is 0 Å². The molecule has 2 rings (SSSR count). The van der Waals surface area contributed by atoms with Crippen molar-refractivity contribution in [1.82, 2.24) is 4.98 Å². The quantitative estimate of drug-likeness (QED) is 0.789. The van der Waals surface area contributed by atoms with Crippen LogP contribution < -0.4 is 0 Å². The molecular formula is C13H17NO2. The van der Waals surface area contributed by atoms with Gasteiger partial charge in [0.1, 0.15) is 0 Å². The molecule has 0 amide bonds. The minimum atomic E-state index is -0.868. The van der Waals surface area contributed by atoms with Gasteiger partial charge in [-0.3, -0.25) is 4.98 Å². The van der Waals surface area contributed by atoms with Crippen molar-refractivity contribution in [2.24, 2.45) is 0 Å². The highest BCUT2D eigenvalue weighted by atomic mass is 16.4. The van der Waals surface area contributed by atoms with Crippen molar-refractivity contribution in [3.05, 3.63) is 28.6 Å². The van der Waals surface area contributed by atoms with Gasteiger partial charge in [-0.05, 0) is 30.9 Å². The van der Waals surface area contributed by atoms with Crippen molar-refractivity contribution < 1.29 is 9.90 Å². The number of fused-ring (bicyclic) bond motifs is 1. The zero-order chi connectivity index (χ0) is 11.9. The van der Waals surface area contributed by atoms with Crippen LogP contribution in [0.4, 0.5) is 0 Å². The molecule has 1 aliphatic carbocycles. The Kier molecular flexibility index (Phi) is 2.49. The highest BCUT2D eigenvalue weighted by molar-refractivity contribution is 5.89. The van der Waals surface area contributed by atoms with Crippen LogP contribution in [-0.2, 0) is 18.3 Å². The Bertz CT molecular complexity index is 444. The van der Waals surface area contributed by atoms with Gasteiger partial charge in [-0.1, -0.05) is 20.8 Å². The Morgan fingerprint density at radius 1 is 1.38 bits per heavy atom. The van der Waals surface area contributed by atoms with Crippen LogP contribution in [0, 0.1) is 0 Å². The Morgan fingerprint density at radius 3 is 2.62 bits per heavy atom. The number of hydrogen-bond acceptors (Lipinski definition) is 2. The average Bonchev–Trinajstić information content (AvgIpc) is 2.60. The fourth-order valence-electron chi connectivity index (χ4n) is 2.21. The first kappa shape index (κ1) is 11.1. The van der Waals surface area contributed by atoms with Gasteiger partial charge in [0.15, 0.2) is 0 Å². The molecule has 0 aromatic carbocycles. The van der Waals surface area contributed by atoms with Gasteiger partial charge in [-0.25, -0.2) is 4.79 Å². The normalized spacial score (nSPS) is 14.9. The van der Waals surface area contributed by atoms with Crippen LogP contribution >= 0.6 is 0 Å². The smallest absolute Gasteiger partial charge is 0.337 e. The molecule has 0 aliphatic heterocycles. The lowest BCUT2D eigenvalue weighted by atomic mass is 9.87. The summed E-state index contributed by atoms with van der Waals surface area (Å²) in [5.74, 6) is -0.868. The summed E-state index contributed by atoms with van der Waals surface area (Å²) in [6.45, 7) is 6.01. The van der Waals surface area contributed by atoms with Gasteiger partial charge in [-0.15, -0.1) is 0 Å². The van der Waals surface area contributed by atoms with Crippen LogP contribution in [-0.4, -0.2) is 16.1 Å². The van der Waals surface area contributed by atoms with Crippen molar-refractivity contribution in [3.63, 3.8) is 0 Å². The molecule has 0 radical (unpaired) electrons. The standard InChI is InChI=1S/C13H17NO2/c1-13(2,3)11-9(12(15)16)7-8-5-4-6-10(8)14-11/h7H,4-6H2,1-3H3,(H,15,16). The van der Waals surface area contributed by atoms with E-state index in [1.54, 1.807) is 0 Å². The molecule has 3 heteroatoms. The Morgan fingerprint density at radius 2 is 2.06 bits per heavy atom. The number of aromatic carboxylic acids is 1. The molecule has 0 fully saturated rings. The SMILES string of the molecule is CC(C)(C)c1nc2c(cc1C(=O)O)CCC2. The fraction of sp³-hybridized carbons (Fsp3) is 0.538. The topological polar surface area (TPSA) is 50.2 Å². The van der Waals surface area contributed by atoms with Gasteiger partial charge in [0, 0.05) is 11.1 Å². The van der Waals surface area contributed by atoms with E-state index in [1.807, 2.05) is 26.8 Å². The van der Waals surface area contributed by atoms with E-state index >= 15 is 0 Å². The third kappa shape index (κ3) is 1.82. The van der Waals surface area contributed by atoms with E-state index in [2.05, 4.69) is 4.98 Å². The Balaban J connectivity index is 2.62. The summed E-state index contributed by atoms with van der Waals surface area (Å²) in [7, 11) is 0. The lowest BCUT2D eigenvalue weighted by Gasteiger charge is -2.21.